The van der Waals surface area contributed by atoms with Gasteiger partial charge < -0.3 is 9.40 Å². The lowest BCUT2D eigenvalue weighted by Gasteiger charge is -2.13. The molecule has 0 amide bonds. The number of hydrogen-bond donors (Lipinski definition) is 0. The summed E-state index contributed by atoms with van der Waals surface area (Å²) in [5.74, 6) is 0.528. The Hall–Kier alpha value is -5.56. The van der Waals surface area contributed by atoms with Crippen molar-refractivity contribution in [2.45, 2.75) is 13.2 Å². The van der Waals surface area contributed by atoms with Gasteiger partial charge in [0.1, 0.15) is 12.0 Å². The fraction of sp³-hybridized carbons (Fsp3) is 0.0588. The van der Waals surface area contributed by atoms with Gasteiger partial charge in [-0.1, -0.05) is 126 Å². The van der Waals surface area contributed by atoms with E-state index in [0.717, 1.165) is 44.6 Å². The van der Waals surface area contributed by atoms with Crippen LogP contribution in [0.15, 0.2) is 133 Å². The summed E-state index contributed by atoms with van der Waals surface area (Å²) in [5, 5.41) is 9.72. The second-order valence-electron chi connectivity index (χ2n) is 9.69. The second-order valence-corrected chi connectivity index (χ2v) is 9.69. The average Bonchev–Trinajstić information content (AvgIpc) is 3.60. The number of aromatic nitrogens is 5. The molecule has 0 N–H and O–H groups in total. The van der Waals surface area contributed by atoms with E-state index in [-0.39, 0.29) is 6.61 Å². The van der Waals surface area contributed by atoms with Gasteiger partial charge in [0.05, 0.1) is 17.3 Å². The van der Waals surface area contributed by atoms with E-state index in [1.54, 1.807) is 17.1 Å². The Bertz CT molecular complexity index is 1950. The van der Waals surface area contributed by atoms with Crippen molar-refractivity contribution in [3.63, 3.8) is 0 Å². The van der Waals surface area contributed by atoms with Crippen LogP contribution < -0.4 is 0 Å². The molecule has 7 aromatic rings. The maximum Gasteiger partial charge on any atom is 0.192 e. The van der Waals surface area contributed by atoms with Gasteiger partial charge >= 0.3 is 0 Å². The third-order valence-electron chi connectivity index (χ3n) is 6.99. The average molecular weight is 535 g/mol. The smallest absolute Gasteiger partial charge is 0.192 e. The third-order valence-corrected chi connectivity index (χ3v) is 6.99. The summed E-state index contributed by atoms with van der Waals surface area (Å²) in [6.07, 6.45) is 3.41. The number of nitrogens with zero attached hydrogens (tertiary/aromatic N) is 6. The molecule has 3 heterocycles. The van der Waals surface area contributed by atoms with E-state index in [2.05, 4.69) is 87.6 Å². The summed E-state index contributed by atoms with van der Waals surface area (Å²) in [7, 11) is 0. The largest absolute Gasteiger partial charge is 0.387 e. The fourth-order valence-electron chi connectivity index (χ4n) is 5.18. The second kappa shape index (κ2) is 10.9. The Morgan fingerprint density at radius 2 is 1.34 bits per heavy atom. The van der Waals surface area contributed by atoms with Crippen LogP contribution in [0.4, 0.5) is 0 Å². The summed E-state index contributed by atoms with van der Waals surface area (Å²) in [6, 6.07) is 41.2. The zero-order valence-electron chi connectivity index (χ0n) is 22.2. The molecule has 7 nitrogen and oxygen atoms in total. The predicted octanol–water partition coefficient (Wildman–Crippen LogP) is 7.01. The lowest BCUT2D eigenvalue weighted by Crippen LogP contribution is -2.03. The van der Waals surface area contributed by atoms with Gasteiger partial charge in [0.25, 0.3) is 0 Å². The van der Waals surface area contributed by atoms with E-state index in [9.17, 15) is 0 Å². The molecular formula is C34H26N6O. The van der Waals surface area contributed by atoms with Crippen LogP contribution in [0.5, 0.6) is 0 Å². The van der Waals surface area contributed by atoms with Crippen LogP contribution in [0.25, 0.3) is 39.1 Å². The van der Waals surface area contributed by atoms with Crippen molar-refractivity contribution in [2.75, 3.05) is 0 Å². The normalized spacial score (nSPS) is 11.5. The van der Waals surface area contributed by atoms with Gasteiger partial charge in [-0.25, -0.2) is 14.5 Å². The molecule has 7 heteroatoms. The quantitative estimate of drug-likeness (QED) is 0.155. The van der Waals surface area contributed by atoms with Crippen molar-refractivity contribution in [1.82, 2.24) is 24.1 Å². The van der Waals surface area contributed by atoms with Crippen LogP contribution in [-0.4, -0.2) is 30.4 Å². The Balaban J connectivity index is 1.40. The number of benzene rings is 4. The molecule has 0 fully saturated rings. The zero-order valence-corrected chi connectivity index (χ0v) is 22.2. The minimum atomic E-state index is 0.142. The first-order chi connectivity index (χ1) is 20.3. The predicted molar refractivity (Wildman–Crippen MR) is 162 cm³/mol. The summed E-state index contributed by atoms with van der Waals surface area (Å²) in [5.41, 5.74) is 8.08. The van der Waals surface area contributed by atoms with E-state index in [1.807, 2.05) is 48.5 Å². The van der Waals surface area contributed by atoms with Gasteiger partial charge in [0, 0.05) is 12.1 Å². The standard InChI is InChI=1S/C34H26N6O/c1-5-13-25(14-6-1)21-36-41-23-29-37-34-31-30(27-17-9-3-10-18-27)32(28-19-11-4-12-20-28)39(22-26-15-7-2-8-16-26)33(31)35-24-40(34)38-29/h1-21,24H,22-23H2/b36-21-. The summed E-state index contributed by atoms with van der Waals surface area (Å²) >= 11 is 0. The highest BCUT2D eigenvalue weighted by Crippen LogP contribution is 2.42. The van der Waals surface area contributed by atoms with Gasteiger partial charge in [0.2, 0.25) is 0 Å². The minimum Gasteiger partial charge on any atom is -0.387 e. The molecule has 0 radical (unpaired) electrons. The van der Waals surface area contributed by atoms with Crippen LogP contribution in [0.2, 0.25) is 0 Å². The summed E-state index contributed by atoms with van der Waals surface area (Å²) in [6.45, 7) is 0.805. The van der Waals surface area contributed by atoms with Crippen molar-refractivity contribution >= 4 is 22.9 Å². The molecule has 4 aromatic carbocycles. The van der Waals surface area contributed by atoms with Crippen LogP contribution >= 0.6 is 0 Å². The maximum atomic E-state index is 5.56. The molecule has 0 spiro atoms. The monoisotopic (exact) mass is 534 g/mol. The number of oxime groups is 1. The molecule has 0 bridgehead atoms. The highest BCUT2D eigenvalue weighted by molar-refractivity contribution is 6.09. The number of fused-ring (bicyclic) bond motifs is 3. The molecule has 0 aliphatic rings. The fourth-order valence-corrected chi connectivity index (χ4v) is 5.18. The highest BCUT2D eigenvalue weighted by Gasteiger charge is 2.25. The molecular weight excluding hydrogens is 508 g/mol. The van der Waals surface area contributed by atoms with E-state index in [4.69, 9.17) is 14.8 Å². The molecule has 3 aromatic heterocycles. The Kier molecular flexibility index (Phi) is 6.51. The Labute approximate surface area is 237 Å². The van der Waals surface area contributed by atoms with Gasteiger partial charge in [-0.2, -0.15) is 0 Å². The lowest BCUT2D eigenvalue weighted by atomic mass is 9.99. The molecule has 0 saturated carbocycles. The lowest BCUT2D eigenvalue weighted by molar-refractivity contribution is 0.126. The van der Waals surface area contributed by atoms with Crippen molar-refractivity contribution < 1.29 is 4.84 Å². The first kappa shape index (κ1) is 24.5. The van der Waals surface area contributed by atoms with E-state index >= 15 is 0 Å². The van der Waals surface area contributed by atoms with Gasteiger partial charge in [0.15, 0.2) is 18.1 Å². The Morgan fingerprint density at radius 3 is 2.05 bits per heavy atom. The summed E-state index contributed by atoms with van der Waals surface area (Å²) in [4.78, 5) is 15.4. The number of rotatable bonds is 8. The van der Waals surface area contributed by atoms with Crippen LogP contribution in [-0.2, 0) is 18.0 Å². The molecule has 7 rings (SSSR count). The molecule has 0 atom stereocenters. The van der Waals surface area contributed by atoms with Crippen LogP contribution in [0, 0.1) is 0 Å². The minimum absolute atomic E-state index is 0.142. The SMILES string of the molecule is C(=N/OCc1nc2c3c(-c4ccccc4)c(-c4ccccc4)n(Cc4ccccc4)c3ncn2n1)/c1ccccc1. The first-order valence-corrected chi connectivity index (χ1v) is 13.5. The highest BCUT2D eigenvalue weighted by atomic mass is 16.6. The van der Waals surface area contributed by atoms with E-state index in [1.165, 1.54) is 5.56 Å². The maximum absolute atomic E-state index is 5.56. The molecule has 0 unspecified atom stereocenters. The van der Waals surface area contributed by atoms with Crippen molar-refractivity contribution in [3.8, 4) is 22.4 Å². The van der Waals surface area contributed by atoms with Gasteiger partial charge in [-0.05, 0) is 22.3 Å². The molecule has 0 aliphatic heterocycles. The topological polar surface area (TPSA) is 69.6 Å². The van der Waals surface area contributed by atoms with E-state index in [0.29, 0.717) is 12.4 Å². The van der Waals surface area contributed by atoms with Crippen molar-refractivity contribution in [3.05, 3.63) is 145 Å². The van der Waals surface area contributed by atoms with Crippen molar-refractivity contribution in [2.24, 2.45) is 5.16 Å². The molecule has 0 saturated heterocycles. The van der Waals surface area contributed by atoms with Gasteiger partial charge in [-0.15, -0.1) is 5.10 Å². The summed E-state index contributed by atoms with van der Waals surface area (Å²) < 4.78 is 4.02. The third kappa shape index (κ3) is 4.85. The van der Waals surface area contributed by atoms with E-state index < -0.39 is 0 Å². The zero-order chi connectivity index (χ0) is 27.4. The van der Waals surface area contributed by atoms with Gasteiger partial charge in [-0.3, -0.25) is 0 Å². The molecule has 0 aliphatic carbocycles. The van der Waals surface area contributed by atoms with Crippen LogP contribution in [0.1, 0.15) is 17.0 Å². The molecule has 198 valence electrons. The Morgan fingerprint density at radius 1 is 0.707 bits per heavy atom. The first-order valence-electron chi connectivity index (χ1n) is 13.5. The van der Waals surface area contributed by atoms with Crippen LogP contribution in [0.3, 0.4) is 0 Å². The number of hydrogen-bond acceptors (Lipinski definition) is 5. The van der Waals surface area contributed by atoms with Crippen molar-refractivity contribution in [1.29, 1.82) is 0 Å². The molecule has 41 heavy (non-hydrogen) atoms.